The second kappa shape index (κ2) is 11.8. The Kier molecular flexibility index (Phi) is 11.9. The zero-order valence-electron chi connectivity index (χ0n) is 15.4. The van der Waals surface area contributed by atoms with Gasteiger partial charge in [-0.2, -0.15) is 0 Å². The van der Waals surface area contributed by atoms with E-state index in [-0.39, 0.29) is 13.2 Å². The molecule has 0 saturated carbocycles. The molecule has 0 aromatic heterocycles. The first-order chi connectivity index (χ1) is 10.2. The molecule has 0 aromatic carbocycles. The van der Waals surface area contributed by atoms with Gasteiger partial charge in [-0.05, 0) is 44.7 Å². The average molecular weight is 351 g/mol. The van der Waals surface area contributed by atoms with Gasteiger partial charge in [0.15, 0.2) is 16.6 Å². The van der Waals surface area contributed by atoms with Crippen molar-refractivity contribution in [2.75, 3.05) is 19.8 Å². The molecule has 0 aliphatic heterocycles. The Morgan fingerprint density at radius 2 is 1.50 bits per heavy atom. The van der Waals surface area contributed by atoms with E-state index in [1.165, 1.54) is 31.7 Å². The standard InChI is InChI=1S/C16H38O4Si2/c1-6-7-8-9-12-21(2,3)20-22(4,5)13-10-11-19-15-16(18)14-17/h16-18H,6-15H2,1-5H3. The van der Waals surface area contributed by atoms with Crippen LogP contribution in [0.25, 0.3) is 0 Å². The molecule has 1 atom stereocenters. The summed E-state index contributed by atoms with van der Waals surface area (Å²) in [6.45, 7) is 12.2. The molecule has 134 valence electrons. The van der Waals surface area contributed by atoms with Gasteiger partial charge in [0.2, 0.25) is 0 Å². The van der Waals surface area contributed by atoms with E-state index < -0.39 is 22.7 Å². The highest BCUT2D eigenvalue weighted by atomic mass is 28.4. The molecule has 2 N–H and O–H groups in total. The molecule has 0 aliphatic rings. The van der Waals surface area contributed by atoms with E-state index in [0.717, 1.165) is 12.5 Å². The first-order valence-corrected chi connectivity index (χ1v) is 15.0. The molecule has 0 rings (SSSR count). The molecule has 0 heterocycles. The summed E-state index contributed by atoms with van der Waals surface area (Å²) in [7, 11) is -3.16. The first kappa shape index (κ1) is 22.3. The van der Waals surface area contributed by atoms with Crippen LogP contribution in [0.1, 0.15) is 39.0 Å². The van der Waals surface area contributed by atoms with Crippen LogP contribution in [-0.4, -0.2) is 52.8 Å². The van der Waals surface area contributed by atoms with Crippen LogP contribution in [0.5, 0.6) is 0 Å². The minimum atomic E-state index is -1.62. The Hall–Kier alpha value is 0.274. The van der Waals surface area contributed by atoms with Gasteiger partial charge in [-0.25, -0.2) is 0 Å². The van der Waals surface area contributed by atoms with Gasteiger partial charge in [0.25, 0.3) is 0 Å². The largest absolute Gasteiger partial charge is 0.455 e. The van der Waals surface area contributed by atoms with Crippen molar-refractivity contribution in [1.29, 1.82) is 0 Å². The molecular weight excluding hydrogens is 312 g/mol. The van der Waals surface area contributed by atoms with Gasteiger partial charge in [-0.3, -0.25) is 0 Å². The number of unbranched alkanes of at least 4 members (excludes halogenated alkanes) is 3. The molecule has 6 heteroatoms. The van der Waals surface area contributed by atoms with E-state index in [2.05, 4.69) is 33.1 Å². The smallest absolute Gasteiger partial charge is 0.173 e. The van der Waals surface area contributed by atoms with Crippen molar-refractivity contribution in [1.82, 2.24) is 0 Å². The third kappa shape index (κ3) is 12.8. The van der Waals surface area contributed by atoms with Gasteiger partial charge in [-0.15, -0.1) is 0 Å². The molecule has 22 heavy (non-hydrogen) atoms. The van der Waals surface area contributed by atoms with E-state index in [1.54, 1.807) is 0 Å². The van der Waals surface area contributed by atoms with Crippen LogP contribution in [0.4, 0.5) is 0 Å². The summed E-state index contributed by atoms with van der Waals surface area (Å²) in [6.07, 6.45) is 5.48. The van der Waals surface area contributed by atoms with Crippen LogP contribution in [0.15, 0.2) is 0 Å². The van der Waals surface area contributed by atoms with Crippen molar-refractivity contribution in [3.63, 3.8) is 0 Å². The minimum absolute atomic E-state index is 0.219. The molecular formula is C16H38O4Si2. The summed E-state index contributed by atoms with van der Waals surface area (Å²) in [5.41, 5.74) is 0. The number of aliphatic hydroxyl groups is 2. The quantitative estimate of drug-likeness (QED) is 0.370. The first-order valence-electron chi connectivity index (χ1n) is 8.79. The molecule has 0 bridgehead atoms. The van der Waals surface area contributed by atoms with Gasteiger partial charge in [0.05, 0.1) is 13.2 Å². The van der Waals surface area contributed by atoms with Crippen LogP contribution in [0.3, 0.4) is 0 Å². The molecule has 0 radical (unpaired) electrons. The lowest BCUT2D eigenvalue weighted by molar-refractivity contribution is 0.00639. The second-order valence-electron chi connectivity index (χ2n) is 7.45. The van der Waals surface area contributed by atoms with Crippen LogP contribution < -0.4 is 0 Å². The monoisotopic (exact) mass is 350 g/mol. The van der Waals surface area contributed by atoms with E-state index in [0.29, 0.717) is 6.61 Å². The van der Waals surface area contributed by atoms with Crippen LogP contribution in [0, 0.1) is 0 Å². The summed E-state index contributed by atoms with van der Waals surface area (Å²) in [5.74, 6) is 0. The number of ether oxygens (including phenoxy) is 1. The predicted molar refractivity (Wildman–Crippen MR) is 98.3 cm³/mol. The average Bonchev–Trinajstić information content (AvgIpc) is 2.41. The highest BCUT2D eigenvalue weighted by Gasteiger charge is 2.32. The van der Waals surface area contributed by atoms with Crippen molar-refractivity contribution in [2.24, 2.45) is 0 Å². The Balaban J connectivity index is 3.90. The summed E-state index contributed by atoms with van der Waals surface area (Å²) in [5, 5.41) is 17.9. The SMILES string of the molecule is CCCCCC[Si](C)(C)O[Si](C)(C)CCCOCC(O)CO. The predicted octanol–water partition coefficient (Wildman–Crippen LogP) is 3.75. The van der Waals surface area contributed by atoms with Crippen molar-refractivity contribution < 1.29 is 19.1 Å². The lowest BCUT2D eigenvalue weighted by Gasteiger charge is -2.34. The summed E-state index contributed by atoms with van der Waals surface area (Å²) in [6, 6.07) is 2.36. The zero-order chi connectivity index (χ0) is 17.1. The summed E-state index contributed by atoms with van der Waals surface area (Å²) >= 11 is 0. The van der Waals surface area contributed by atoms with Crippen LogP contribution in [-0.2, 0) is 8.85 Å². The third-order valence-electron chi connectivity index (χ3n) is 3.77. The molecule has 0 fully saturated rings. The van der Waals surface area contributed by atoms with Gasteiger partial charge >= 0.3 is 0 Å². The summed E-state index contributed by atoms with van der Waals surface area (Å²) in [4.78, 5) is 0. The van der Waals surface area contributed by atoms with Gasteiger partial charge in [0.1, 0.15) is 6.10 Å². The maximum Gasteiger partial charge on any atom is 0.173 e. The van der Waals surface area contributed by atoms with E-state index in [1.807, 2.05) is 0 Å². The maximum absolute atomic E-state index is 9.21. The molecule has 0 spiro atoms. The topological polar surface area (TPSA) is 58.9 Å². The fraction of sp³-hybridized carbons (Fsp3) is 1.00. The Morgan fingerprint density at radius 3 is 2.05 bits per heavy atom. The van der Waals surface area contributed by atoms with E-state index in [4.69, 9.17) is 14.0 Å². The van der Waals surface area contributed by atoms with Crippen molar-refractivity contribution >= 4 is 16.6 Å². The molecule has 0 saturated heterocycles. The molecule has 0 amide bonds. The molecule has 0 aliphatic carbocycles. The molecule has 1 unspecified atom stereocenters. The van der Waals surface area contributed by atoms with Crippen molar-refractivity contribution in [3.8, 4) is 0 Å². The third-order valence-corrected chi connectivity index (χ3v) is 11.3. The molecule has 4 nitrogen and oxygen atoms in total. The number of hydrogen-bond donors (Lipinski definition) is 2. The fourth-order valence-electron chi connectivity index (χ4n) is 2.70. The van der Waals surface area contributed by atoms with E-state index >= 15 is 0 Å². The lowest BCUT2D eigenvalue weighted by Crippen LogP contribution is -2.44. The number of rotatable bonds is 14. The van der Waals surface area contributed by atoms with Crippen LogP contribution >= 0.6 is 0 Å². The Bertz CT molecular complexity index is 273. The zero-order valence-corrected chi connectivity index (χ0v) is 17.4. The maximum atomic E-state index is 9.21. The van der Waals surface area contributed by atoms with E-state index in [9.17, 15) is 5.11 Å². The number of hydrogen-bond acceptors (Lipinski definition) is 4. The molecule has 0 aromatic rings. The Morgan fingerprint density at radius 1 is 0.909 bits per heavy atom. The van der Waals surface area contributed by atoms with Gasteiger partial charge in [-0.1, -0.05) is 32.6 Å². The van der Waals surface area contributed by atoms with Crippen molar-refractivity contribution in [3.05, 3.63) is 0 Å². The fourth-order valence-corrected chi connectivity index (χ4v) is 11.6. The van der Waals surface area contributed by atoms with Crippen LogP contribution in [0.2, 0.25) is 38.3 Å². The highest BCUT2D eigenvalue weighted by Crippen LogP contribution is 2.24. The Labute approximate surface area is 139 Å². The minimum Gasteiger partial charge on any atom is -0.455 e. The normalized spacial score (nSPS) is 14.3. The number of aliphatic hydroxyl groups excluding tert-OH is 2. The van der Waals surface area contributed by atoms with Crippen molar-refractivity contribution in [2.45, 2.75) is 83.4 Å². The van der Waals surface area contributed by atoms with Gasteiger partial charge in [0, 0.05) is 6.61 Å². The second-order valence-corrected chi connectivity index (χ2v) is 16.3. The lowest BCUT2D eigenvalue weighted by atomic mass is 10.2. The highest BCUT2D eigenvalue weighted by molar-refractivity contribution is 6.84. The summed E-state index contributed by atoms with van der Waals surface area (Å²) < 4.78 is 12.0. The van der Waals surface area contributed by atoms with Gasteiger partial charge < -0.3 is 19.1 Å².